The number of ether oxygens (including phenoxy) is 2. The summed E-state index contributed by atoms with van der Waals surface area (Å²) in [4.78, 5) is 12.2. The van der Waals surface area contributed by atoms with Crippen LogP contribution in [0.2, 0.25) is 5.02 Å². The maximum atomic E-state index is 13.4. The van der Waals surface area contributed by atoms with E-state index >= 15 is 0 Å². The Morgan fingerprint density at radius 1 is 1.21 bits per heavy atom. The smallest absolute Gasteiger partial charge is 0.435 e. The van der Waals surface area contributed by atoms with E-state index in [9.17, 15) is 22.4 Å². The number of halogens is 6. The third kappa shape index (κ3) is 6.90. The summed E-state index contributed by atoms with van der Waals surface area (Å²) in [5, 5.41) is 6.26. The molecule has 0 saturated carbocycles. The number of benzene rings is 2. The molecule has 0 bridgehead atoms. The first-order chi connectivity index (χ1) is 15.7. The van der Waals surface area contributed by atoms with Crippen LogP contribution in [0, 0.1) is 0 Å². The zero-order valence-corrected chi connectivity index (χ0v) is 19.7. The maximum absolute atomic E-state index is 13.4. The number of alkyl halides is 5. The third-order valence-corrected chi connectivity index (χ3v) is 5.40. The van der Waals surface area contributed by atoms with Crippen molar-refractivity contribution in [3.8, 4) is 17.3 Å². The zero-order valence-electron chi connectivity index (χ0n) is 16.8. The average Bonchev–Trinajstić information content (AvgIpc) is 3.21. The molecule has 1 atom stereocenters. The van der Waals surface area contributed by atoms with Gasteiger partial charge in [-0.25, -0.2) is 0 Å². The summed E-state index contributed by atoms with van der Waals surface area (Å²) in [7, 11) is 0. The predicted molar refractivity (Wildman–Crippen MR) is 124 cm³/mol. The Morgan fingerprint density at radius 2 is 1.97 bits per heavy atom. The maximum Gasteiger partial charge on any atom is 0.435 e. The quantitative estimate of drug-likeness (QED) is 0.207. The van der Waals surface area contributed by atoms with Crippen LogP contribution < -0.4 is 14.8 Å². The van der Waals surface area contributed by atoms with Crippen molar-refractivity contribution in [2.75, 3.05) is 6.61 Å². The molecule has 176 valence electrons. The van der Waals surface area contributed by atoms with Gasteiger partial charge in [0.25, 0.3) is 10.3 Å². The fraction of sp³-hybridized carbons (Fsp3) is 0.190. The Morgan fingerprint density at radius 3 is 2.67 bits per heavy atom. The molecule has 1 unspecified atom stereocenters. The van der Waals surface area contributed by atoms with E-state index in [1.807, 2.05) is 0 Å². The lowest BCUT2D eigenvalue weighted by Crippen LogP contribution is -2.28. The molecule has 6 nitrogen and oxygen atoms in total. The van der Waals surface area contributed by atoms with Crippen molar-refractivity contribution in [3.63, 3.8) is 0 Å². The summed E-state index contributed by atoms with van der Waals surface area (Å²) < 4.78 is 66.2. The van der Waals surface area contributed by atoms with Gasteiger partial charge in [0.15, 0.2) is 12.3 Å². The molecular weight excluding hydrogens is 581 g/mol. The largest absolute Gasteiger partial charge is 0.467 e. The van der Waals surface area contributed by atoms with Gasteiger partial charge in [0.05, 0.1) is 10.7 Å². The molecule has 1 aromatic heterocycles. The molecule has 0 fully saturated rings. The lowest BCUT2D eigenvalue weighted by Gasteiger charge is -2.11. The van der Waals surface area contributed by atoms with Crippen molar-refractivity contribution in [1.82, 2.24) is 15.1 Å². The summed E-state index contributed by atoms with van der Waals surface area (Å²) >= 11 is 5.10. The van der Waals surface area contributed by atoms with Crippen LogP contribution in [0.25, 0.3) is 5.69 Å². The molecule has 33 heavy (non-hydrogen) atoms. The van der Waals surface area contributed by atoms with Crippen molar-refractivity contribution < 1.29 is 31.8 Å². The highest BCUT2D eigenvalue weighted by atomic mass is 127. The van der Waals surface area contributed by atoms with Crippen LogP contribution in [0.1, 0.15) is 11.3 Å². The van der Waals surface area contributed by atoms with Gasteiger partial charge in [0, 0.05) is 12.6 Å². The van der Waals surface area contributed by atoms with Crippen LogP contribution >= 0.6 is 32.3 Å². The second-order valence-corrected chi connectivity index (χ2v) is 8.74. The van der Waals surface area contributed by atoms with Crippen molar-refractivity contribution in [3.05, 3.63) is 70.9 Å². The minimum absolute atomic E-state index is 0.0767. The summed E-state index contributed by atoms with van der Waals surface area (Å²) in [5.74, 6) is -0.586. The average molecular weight is 598 g/mol. The molecule has 12 heteroatoms. The summed E-state index contributed by atoms with van der Waals surface area (Å²) in [6, 6.07) is 13.3. The summed E-state index contributed by atoms with van der Waals surface area (Å²) in [6.45, 7) is -0.491. The van der Waals surface area contributed by atoms with Gasteiger partial charge in [-0.2, -0.15) is 27.3 Å². The fourth-order valence-electron chi connectivity index (χ4n) is 2.66. The molecule has 3 rings (SSSR count). The van der Waals surface area contributed by atoms with E-state index in [1.165, 1.54) is 12.1 Å². The molecule has 1 N–H and O–H groups in total. The molecule has 0 aliphatic carbocycles. The lowest BCUT2D eigenvalue weighted by atomic mass is 10.2. The number of nitrogens with one attached hydrogen (secondary N) is 1. The number of rotatable bonds is 9. The van der Waals surface area contributed by atoms with Crippen LogP contribution in [-0.4, -0.2) is 31.2 Å². The van der Waals surface area contributed by atoms with Crippen molar-refractivity contribution in [2.24, 2.45) is 0 Å². The number of hydrogen-bond donors (Lipinski definition) is 1. The van der Waals surface area contributed by atoms with Gasteiger partial charge in [0.1, 0.15) is 5.75 Å². The van der Waals surface area contributed by atoms with Crippen LogP contribution in [0.4, 0.5) is 17.6 Å². The van der Waals surface area contributed by atoms with E-state index in [1.54, 1.807) is 36.4 Å². The molecule has 0 spiro atoms. The zero-order chi connectivity index (χ0) is 24.0. The van der Waals surface area contributed by atoms with Gasteiger partial charge in [-0.15, -0.1) is 0 Å². The number of amides is 1. The van der Waals surface area contributed by atoms with Crippen LogP contribution in [-0.2, 0) is 17.5 Å². The Hall–Kier alpha value is -2.67. The van der Waals surface area contributed by atoms with Crippen LogP contribution in [0.3, 0.4) is 0 Å². The van der Waals surface area contributed by atoms with Gasteiger partial charge in [-0.05, 0) is 50.6 Å². The number of carbonyl (C=O) groups excluding carboxylic acids is 1. The number of hydrogen-bond acceptors (Lipinski definition) is 4. The van der Waals surface area contributed by atoms with Gasteiger partial charge in [0.2, 0.25) is 5.88 Å². The molecule has 0 saturated heterocycles. The van der Waals surface area contributed by atoms with E-state index in [4.69, 9.17) is 21.1 Å². The fourth-order valence-corrected chi connectivity index (χ4v) is 3.34. The van der Waals surface area contributed by atoms with Crippen molar-refractivity contribution >= 4 is 42.8 Å². The van der Waals surface area contributed by atoms with Crippen molar-refractivity contribution in [2.45, 2.75) is 17.1 Å². The molecule has 0 radical (unpaired) electrons. The van der Waals surface area contributed by atoms with Crippen molar-refractivity contribution in [1.29, 1.82) is 0 Å². The molecule has 2 aromatic carbocycles. The minimum atomic E-state index is -4.71. The molecule has 1 heterocycles. The Bertz CT molecular complexity index is 1140. The van der Waals surface area contributed by atoms with Gasteiger partial charge in [-0.1, -0.05) is 40.4 Å². The molecule has 0 aliphatic rings. The van der Waals surface area contributed by atoms with Gasteiger partial charge in [-0.3, -0.25) is 4.79 Å². The lowest BCUT2D eigenvalue weighted by molar-refractivity contribution is -0.141. The second kappa shape index (κ2) is 11.0. The molecule has 0 aliphatic heterocycles. The SMILES string of the molecule is C=IC(F)Oc1cccc(CNC(=O)COc2cc(C(F)(F)F)nn2-c2ccccc2Cl)c1. The Kier molecular flexibility index (Phi) is 8.30. The van der Waals surface area contributed by atoms with E-state index in [0.29, 0.717) is 17.4 Å². The number of aromatic nitrogens is 2. The summed E-state index contributed by atoms with van der Waals surface area (Å²) in [5.41, 5.74) is -0.390. The highest BCUT2D eigenvalue weighted by molar-refractivity contribution is 14.2. The normalized spacial score (nSPS) is 12.3. The van der Waals surface area contributed by atoms with Crippen LogP contribution in [0.5, 0.6) is 11.6 Å². The number of carbonyl (C=O) groups is 1. The highest BCUT2D eigenvalue weighted by Gasteiger charge is 2.36. The molecule has 3 aromatic rings. The Balaban J connectivity index is 1.67. The summed E-state index contributed by atoms with van der Waals surface area (Å²) in [6.07, 6.45) is -4.71. The third-order valence-electron chi connectivity index (χ3n) is 4.13. The second-order valence-electron chi connectivity index (χ2n) is 6.47. The molecule has 1 amide bonds. The standard InChI is InChI=1S/C21H17ClF4IN3O3/c1-27-20(23)33-14-6-4-5-13(9-14)11-28-18(31)12-32-19-10-17(21(24,25)26)29-30(19)16-8-3-2-7-15(16)22/h2-10,20H,1,11-12H2,(H,28,31). The highest BCUT2D eigenvalue weighted by Crippen LogP contribution is 2.33. The van der Waals surface area contributed by atoms with E-state index in [-0.39, 0.29) is 23.1 Å². The van der Waals surface area contributed by atoms with Gasteiger partial charge >= 0.3 is 6.18 Å². The first-order valence-electron chi connectivity index (χ1n) is 9.25. The van der Waals surface area contributed by atoms with E-state index < -0.39 is 49.5 Å². The van der Waals surface area contributed by atoms with Crippen LogP contribution in [0.15, 0.2) is 54.6 Å². The first-order valence-corrected chi connectivity index (χ1v) is 12.4. The van der Waals surface area contributed by atoms with E-state index in [2.05, 4.69) is 14.9 Å². The number of para-hydroxylation sites is 1. The minimum Gasteiger partial charge on any atom is -0.467 e. The molecular formula is C21H17ClF4IN3O3. The number of nitrogens with zero attached hydrogens (tertiary/aromatic N) is 2. The topological polar surface area (TPSA) is 65.4 Å². The first kappa shape index (κ1) is 25.0. The predicted octanol–water partition coefficient (Wildman–Crippen LogP) is 5.27. The van der Waals surface area contributed by atoms with Gasteiger partial charge < -0.3 is 14.8 Å². The Labute approximate surface area is 201 Å². The monoisotopic (exact) mass is 597 g/mol. The van der Waals surface area contributed by atoms with E-state index in [0.717, 1.165) is 4.68 Å².